The minimum absolute atomic E-state index is 0.00824. The van der Waals surface area contributed by atoms with Crippen molar-refractivity contribution in [1.82, 2.24) is 4.90 Å². The van der Waals surface area contributed by atoms with E-state index in [0.29, 0.717) is 17.0 Å². The number of hydrogen-bond acceptors (Lipinski definition) is 3. The lowest BCUT2D eigenvalue weighted by Crippen LogP contribution is -2.28. The van der Waals surface area contributed by atoms with Gasteiger partial charge in [0, 0.05) is 13.1 Å². The summed E-state index contributed by atoms with van der Waals surface area (Å²) in [6.45, 7) is 1.66. The van der Waals surface area contributed by atoms with Crippen LogP contribution >= 0.6 is 0 Å². The van der Waals surface area contributed by atoms with Crippen LogP contribution in [-0.2, 0) is 0 Å². The summed E-state index contributed by atoms with van der Waals surface area (Å²) in [7, 11) is 1.55. The number of rotatable bonds is 2. The summed E-state index contributed by atoms with van der Waals surface area (Å²) >= 11 is 0. The Morgan fingerprint density at radius 3 is 2.69 bits per heavy atom. The van der Waals surface area contributed by atoms with Crippen LogP contribution in [0.25, 0.3) is 0 Å². The summed E-state index contributed by atoms with van der Waals surface area (Å²) in [6.07, 6.45) is 2.16. The fourth-order valence-corrected chi connectivity index (χ4v) is 2.00. The predicted octanol–water partition coefficient (Wildman–Crippen LogP) is 1.51. The van der Waals surface area contributed by atoms with Gasteiger partial charge in [-0.15, -0.1) is 0 Å². The zero-order valence-electron chi connectivity index (χ0n) is 9.40. The maximum atomic E-state index is 12.1. The van der Waals surface area contributed by atoms with Crippen LogP contribution in [-0.4, -0.2) is 31.0 Å². The molecule has 2 N–H and O–H groups in total. The Hall–Kier alpha value is -1.71. The molecule has 1 aromatic carbocycles. The third-order valence-corrected chi connectivity index (χ3v) is 2.91. The van der Waals surface area contributed by atoms with Crippen LogP contribution in [0.2, 0.25) is 0 Å². The molecule has 1 amide bonds. The van der Waals surface area contributed by atoms with Crippen molar-refractivity contribution < 1.29 is 9.53 Å². The van der Waals surface area contributed by atoms with Crippen molar-refractivity contribution in [2.75, 3.05) is 25.9 Å². The Bertz CT molecular complexity index is 398. The van der Waals surface area contributed by atoms with Gasteiger partial charge in [-0.05, 0) is 25.0 Å². The zero-order valence-corrected chi connectivity index (χ0v) is 9.40. The molecule has 0 spiro atoms. The number of hydrogen-bond donors (Lipinski definition) is 1. The number of nitrogen functional groups attached to an aromatic ring is 1. The van der Waals surface area contributed by atoms with Gasteiger partial charge in [-0.3, -0.25) is 4.79 Å². The second-order valence-electron chi connectivity index (χ2n) is 3.92. The third-order valence-electron chi connectivity index (χ3n) is 2.91. The SMILES string of the molecule is COc1cccc(C(=O)N2CCCC2)c1N. The molecule has 1 fully saturated rings. The van der Waals surface area contributed by atoms with Crippen LogP contribution in [0.5, 0.6) is 5.75 Å². The molecule has 16 heavy (non-hydrogen) atoms. The van der Waals surface area contributed by atoms with Gasteiger partial charge in [0.2, 0.25) is 0 Å². The quantitative estimate of drug-likeness (QED) is 0.769. The number of para-hydroxylation sites is 1. The first-order valence-corrected chi connectivity index (χ1v) is 5.46. The molecule has 0 aliphatic carbocycles. The number of anilines is 1. The highest BCUT2D eigenvalue weighted by molar-refractivity contribution is 6.00. The number of benzene rings is 1. The van der Waals surface area contributed by atoms with Crippen molar-refractivity contribution in [3.05, 3.63) is 23.8 Å². The Morgan fingerprint density at radius 2 is 2.06 bits per heavy atom. The molecule has 0 radical (unpaired) electrons. The second kappa shape index (κ2) is 4.43. The van der Waals surface area contributed by atoms with Gasteiger partial charge < -0.3 is 15.4 Å². The summed E-state index contributed by atoms with van der Waals surface area (Å²) in [5, 5.41) is 0. The van der Waals surface area contributed by atoms with Gasteiger partial charge in [-0.1, -0.05) is 6.07 Å². The van der Waals surface area contributed by atoms with Gasteiger partial charge in [-0.25, -0.2) is 0 Å². The predicted molar refractivity (Wildman–Crippen MR) is 62.5 cm³/mol. The fourth-order valence-electron chi connectivity index (χ4n) is 2.00. The van der Waals surface area contributed by atoms with E-state index in [0.717, 1.165) is 25.9 Å². The Morgan fingerprint density at radius 1 is 1.38 bits per heavy atom. The van der Waals surface area contributed by atoms with Crippen molar-refractivity contribution >= 4 is 11.6 Å². The van der Waals surface area contributed by atoms with Crippen molar-refractivity contribution in [1.29, 1.82) is 0 Å². The first-order valence-electron chi connectivity index (χ1n) is 5.46. The normalized spacial score (nSPS) is 15.2. The Labute approximate surface area is 95.0 Å². The molecule has 86 valence electrons. The van der Waals surface area contributed by atoms with Crippen LogP contribution in [0.1, 0.15) is 23.2 Å². The maximum Gasteiger partial charge on any atom is 0.256 e. The highest BCUT2D eigenvalue weighted by atomic mass is 16.5. The number of likely N-dealkylation sites (tertiary alicyclic amines) is 1. The summed E-state index contributed by atoms with van der Waals surface area (Å²) < 4.78 is 5.10. The van der Waals surface area contributed by atoms with E-state index < -0.39 is 0 Å². The van der Waals surface area contributed by atoms with Gasteiger partial charge in [0.15, 0.2) is 0 Å². The molecule has 0 saturated carbocycles. The molecule has 0 aromatic heterocycles. The summed E-state index contributed by atoms with van der Waals surface area (Å²) in [6, 6.07) is 5.30. The molecule has 0 bridgehead atoms. The van der Waals surface area contributed by atoms with Gasteiger partial charge in [0.25, 0.3) is 5.91 Å². The van der Waals surface area contributed by atoms with Crippen molar-refractivity contribution in [3.8, 4) is 5.75 Å². The molecular weight excluding hydrogens is 204 g/mol. The van der Waals surface area contributed by atoms with E-state index in [2.05, 4.69) is 0 Å². The molecular formula is C12H16N2O2. The van der Waals surface area contributed by atoms with E-state index in [4.69, 9.17) is 10.5 Å². The number of methoxy groups -OCH3 is 1. The minimum Gasteiger partial charge on any atom is -0.495 e. The highest BCUT2D eigenvalue weighted by Gasteiger charge is 2.22. The molecule has 1 saturated heterocycles. The number of ether oxygens (including phenoxy) is 1. The van der Waals surface area contributed by atoms with E-state index in [1.54, 1.807) is 25.3 Å². The highest BCUT2D eigenvalue weighted by Crippen LogP contribution is 2.26. The molecule has 1 heterocycles. The topological polar surface area (TPSA) is 55.6 Å². The molecule has 4 nitrogen and oxygen atoms in total. The second-order valence-corrected chi connectivity index (χ2v) is 3.92. The first kappa shape index (κ1) is 10.8. The van der Waals surface area contributed by atoms with Gasteiger partial charge in [0.1, 0.15) is 5.75 Å². The smallest absolute Gasteiger partial charge is 0.256 e. The number of carbonyl (C=O) groups excluding carboxylic acids is 1. The minimum atomic E-state index is 0.00824. The Kier molecular flexibility index (Phi) is 2.99. The Balaban J connectivity index is 2.29. The van der Waals surface area contributed by atoms with E-state index in [1.165, 1.54) is 0 Å². The largest absolute Gasteiger partial charge is 0.495 e. The number of nitrogens with two attached hydrogens (primary N) is 1. The molecule has 0 unspecified atom stereocenters. The summed E-state index contributed by atoms with van der Waals surface area (Å²) in [4.78, 5) is 14.0. The monoisotopic (exact) mass is 220 g/mol. The average molecular weight is 220 g/mol. The lowest BCUT2D eigenvalue weighted by molar-refractivity contribution is 0.0793. The maximum absolute atomic E-state index is 12.1. The average Bonchev–Trinajstić information content (AvgIpc) is 2.82. The van der Waals surface area contributed by atoms with Crippen molar-refractivity contribution in [2.24, 2.45) is 0 Å². The van der Waals surface area contributed by atoms with Gasteiger partial charge >= 0.3 is 0 Å². The number of carbonyl (C=O) groups is 1. The van der Waals surface area contributed by atoms with Crippen LogP contribution in [0.4, 0.5) is 5.69 Å². The molecule has 1 aliphatic rings. The van der Waals surface area contributed by atoms with Gasteiger partial charge in [0.05, 0.1) is 18.4 Å². The van der Waals surface area contributed by atoms with Crippen molar-refractivity contribution in [3.63, 3.8) is 0 Å². The molecule has 0 atom stereocenters. The van der Waals surface area contributed by atoms with Crippen LogP contribution in [0.15, 0.2) is 18.2 Å². The lowest BCUT2D eigenvalue weighted by Gasteiger charge is -2.17. The summed E-state index contributed by atoms with van der Waals surface area (Å²) in [5.41, 5.74) is 6.87. The van der Waals surface area contributed by atoms with Crippen molar-refractivity contribution in [2.45, 2.75) is 12.8 Å². The number of amides is 1. The van der Waals surface area contributed by atoms with Gasteiger partial charge in [-0.2, -0.15) is 0 Å². The summed E-state index contributed by atoms with van der Waals surface area (Å²) in [5.74, 6) is 0.568. The fraction of sp³-hybridized carbons (Fsp3) is 0.417. The lowest BCUT2D eigenvalue weighted by atomic mass is 10.1. The molecule has 1 aromatic rings. The zero-order chi connectivity index (χ0) is 11.5. The van der Waals surface area contributed by atoms with E-state index >= 15 is 0 Å². The molecule has 4 heteroatoms. The molecule has 2 rings (SSSR count). The van der Waals surface area contributed by atoms with E-state index in [1.807, 2.05) is 4.90 Å². The number of nitrogens with zero attached hydrogens (tertiary/aromatic N) is 1. The first-order chi connectivity index (χ1) is 7.74. The third kappa shape index (κ3) is 1.83. The van der Waals surface area contributed by atoms with Crippen LogP contribution < -0.4 is 10.5 Å². The van der Waals surface area contributed by atoms with E-state index in [9.17, 15) is 4.79 Å². The van der Waals surface area contributed by atoms with Crippen LogP contribution in [0.3, 0.4) is 0 Å². The van der Waals surface area contributed by atoms with E-state index in [-0.39, 0.29) is 5.91 Å². The molecule has 1 aliphatic heterocycles. The standard InChI is InChI=1S/C12H16N2O2/c1-16-10-6-4-5-9(11(10)13)12(15)14-7-2-3-8-14/h4-6H,2-3,7-8,13H2,1H3. The van der Waals surface area contributed by atoms with Crippen LogP contribution in [0, 0.1) is 0 Å².